The van der Waals surface area contributed by atoms with E-state index in [2.05, 4.69) is 25.1 Å². The number of carbonyl (C=O) groups is 1. The Morgan fingerprint density at radius 1 is 1.41 bits per heavy atom. The summed E-state index contributed by atoms with van der Waals surface area (Å²) in [4.78, 5) is 14.4. The van der Waals surface area contributed by atoms with Crippen LogP contribution in [0.1, 0.15) is 56.6 Å². The normalized spacial score (nSPS) is 18.9. The number of rotatable bonds is 6. The Labute approximate surface area is 133 Å². The molecule has 1 saturated carbocycles. The molecule has 0 bridgehead atoms. The van der Waals surface area contributed by atoms with Gasteiger partial charge in [-0.2, -0.15) is 0 Å². The van der Waals surface area contributed by atoms with Crippen LogP contribution in [0.15, 0.2) is 18.2 Å². The van der Waals surface area contributed by atoms with Crippen molar-refractivity contribution < 1.29 is 4.79 Å². The summed E-state index contributed by atoms with van der Waals surface area (Å²) in [5.74, 6) is 0.640. The Bertz CT molecular complexity index is 536. The van der Waals surface area contributed by atoms with Gasteiger partial charge in [0.15, 0.2) is 0 Å². The van der Waals surface area contributed by atoms with Crippen molar-refractivity contribution in [2.75, 3.05) is 11.4 Å². The Morgan fingerprint density at radius 3 is 2.95 bits per heavy atom. The summed E-state index contributed by atoms with van der Waals surface area (Å²) in [6.45, 7) is 3.09. The van der Waals surface area contributed by atoms with E-state index in [4.69, 9.17) is 5.73 Å². The molecule has 0 saturated heterocycles. The van der Waals surface area contributed by atoms with Crippen molar-refractivity contribution in [3.63, 3.8) is 0 Å². The lowest BCUT2D eigenvalue weighted by molar-refractivity contribution is -0.119. The minimum atomic E-state index is 0.255. The first-order chi connectivity index (χ1) is 10.7. The minimum Gasteiger partial charge on any atom is -0.327 e. The molecule has 1 heterocycles. The van der Waals surface area contributed by atoms with Crippen LogP contribution in [0.3, 0.4) is 0 Å². The standard InChI is InChI=1S/C19H28N2O/c1-2-3-6-17(20)13-14-7-10-18-16(12-14)5-4-11-21(18)19(22)15-8-9-15/h7,10,12,15,17H,2-6,8-9,11,13,20H2,1H3. The van der Waals surface area contributed by atoms with Gasteiger partial charge >= 0.3 is 0 Å². The molecule has 0 spiro atoms. The number of carbonyl (C=O) groups excluding carboxylic acids is 1. The molecule has 1 aromatic carbocycles. The predicted octanol–water partition coefficient (Wildman–Crippen LogP) is 3.44. The molecule has 120 valence electrons. The Hall–Kier alpha value is -1.35. The van der Waals surface area contributed by atoms with E-state index in [1.165, 1.54) is 24.0 Å². The second kappa shape index (κ2) is 6.82. The second-order valence-electron chi connectivity index (χ2n) is 6.94. The topological polar surface area (TPSA) is 46.3 Å². The number of benzene rings is 1. The van der Waals surface area contributed by atoms with Crippen molar-refractivity contribution in [2.45, 2.75) is 64.3 Å². The van der Waals surface area contributed by atoms with Crippen LogP contribution < -0.4 is 10.6 Å². The Morgan fingerprint density at radius 2 is 2.23 bits per heavy atom. The van der Waals surface area contributed by atoms with E-state index < -0.39 is 0 Å². The van der Waals surface area contributed by atoms with Gasteiger partial charge in [-0.1, -0.05) is 31.9 Å². The van der Waals surface area contributed by atoms with E-state index >= 15 is 0 Å². The van der Waals surface area contributed by atoms with Crippen molar-refractivity contribution in [3.8, 4) is 0 Å². The van der Waals surface area contributed by atoms with Gasteiger partial charge in [0, 0.05) is 24.2 Å². The maximum absolute atomic E-state index is 12.4. The highest BCUT2D eigenvalue weighted by molar-refractivity contribution is 5.97. The van der Waals surface area contributed by atoms with E-state index in [0.29, 0.717) is 11.8 Å². The average molecular weight is 300 g/mol. The van der Waals surface area contributed by atoms with Crippen molar-refractivity contribution in [3.05, 3.63) is 29.3 Å². The third-order valence-electron chi connectivity index (χ3n) is 4.88. The van der Waals surface area contributed by atoms with E-state index in [-0.39, 0.29) is 6.04 Å². The zero-order valence-electron chi connectivity index (χ0n) is 13.7. The van der Waals surface area contributed by atoms with Crippen LogP contribution in [0, 0.1) is 5.92 Å². The molecule has 3 rings (SSSR count). The van der Waals surface area contributed by atoms with Crippen LogP contribution in [-0.4, -0.2) is 18.5 Å². The van der Waals surface area contributed by atoms with E-state index in [1.807, 2.05) is 4.90 Å². The first kappa shape index (κ1) is 15.5. The van der Waals surface area contributed by atoms with E-state index in [1.54, 1.807) is 0 Å². The van der Waals surface area contributed by atoms with Crippen molar-refractivity contribution in [2.24, 2.45) is 11.7 Å². The number of nitrogens with zero attached hydrogens (tertiary/aromatic N) is 1. The third-order valence-corrected chi connectivity index (χ3v) is 4.88. The molecule has 1 aliphatic heterocycles. The van der Waals surface area contributed by atoms with Gasteiger partial charge in [-0.3, -0.25) is 4.79 Å². The number of nitrogens with two attached hydrogens (primary N) is 1. The van der Waals surface area contributed by atoms with Gasteiger partial charge in [-0.25, -0.2) is 0 Å². The monoisotopic (exact) mass is 300 g/mol. The van der Waals surface area contributed by atoms with Gasteiger partial charge in [0.05, 0.1) is 0 Å². The maximum Gasteiger partial charge on any atom is 0.230 e. The van der Waals surface area contributed by atoms with Gasteiger partial charge in [-0.05, 0) is 55.7 Å². The first-order valence-corrected chi connectivity index (χ1v) is 8.87. The average Bonchev–Trinajstić information content (AvgIpc) is 3.36. The smallest absolute Gasteiger partial charge is 0.230 e. The summed E-state index contributed by atoms with van der Waals surface area (Å²) in [6.07, 6.45) is 8.78. The quantitative estimate of drug-likeness (QED) is 0.875. The highest BCUT2D eigenvalue weighted by atomic mass is 16.2. The highest BCUT2D eigenvalue weighted by Crippen LogP contribution is 2.36. The number of aryl methyl sites for hydroxylation is 1. The molecule has 1 unspecified atom stereocenters. The fourth-order valence-electron chi connectivity index (χ4n) is 3.43. The number of anilines is 1. The summed E-state index contributed by atoms with van der Waals surface area (Å²) < 4.78 is 0. The number of fused-ring (bicyclic) bond motifs is 1. The molecule has 1 aromatic rings. The Kier molecular flexibility index (Phi) is 4.82. The SMILES string of the molecule is CCCCC(N)Cc1ccc2c(c1)CCCN2C(=O)C1CC1. The van der Waals surface area contributed by atoms with Gasteiger partial charge < -0.3 is 10.6 Å². The number of unbranched alkanes of at least 4 members (excludes halogenated alkanes) is 1. The lowest BCUT2D eigenvalue weighted by Crippen LogP contribution is -2.36. The molecule has 22 heavy (non-hydrogen) atoms. The summed E-state index contributed by atoms with van der Waals surface area (Å²) in [6, 6.07) is 6.86. The summed E-state index contributed by atoms with van der Waals surface area (Å²) in [5, 5.41) is 0. The molecular weight excluding hydrogens is 272 g/mol. The fourth-order valence-corrected chi connectivity index (χ4v) is 3.43. The summed E-state index contributed by atoms with van der Waals surface area (Å²) >= 11 is 0. The van der Waals surface area contributed by atoms with Crippen LogP contribution in [0.4, 0.5) is 5.69 Å². The zero-order chi connectivity index (χ0) is 15.5. The van der Waals surface area contributed by atoms with Crippen LogP contribution in [0.2, 0.25) is 0 Å². The lowest BCUT2D eigenvalue weighted by Gasteiger charge is -2.30. The van der Waals surface area contributed by atoms with Gasteiger partial charge in [0.2, 0.25) is 5.91 Å². The molecule has 0 radical (unpaired) electrons. The number of hydrogen-bond donors (Lipinski definition) is 1. The van der Waals surface area contributed by atoms with E-state index in [9.17, 15) is 4.79 Å². The number of hydrogen-bond acceptors (Lipinski definition) is 2. The van der Waals surface area contributed by atoms with E-state index in [0.717, 1.165) is 50.8 Å². The molecule has 1 aliphatic carbocycles. The molecule has 2 aliphatic rings. The first-order valence-electron chi connectivity index (χ1n) is 8.87. The summed E-state index contributed by atoms with van der Waals surface area (Å²) in [5.41, 5.74) is 10.0. The second-order valence-corrected chi connectivity index (χ2v) is 6.94. The van der Waals surface area contributed by atoms with Gasteiger partial charge in [-0.15, -0.1) is 0 Å². The molecule has 3 heteroatoms. The summed E-state index contributed by atoms with van der Waals surface area (Å²) in [7, 11) is 0. The van der Waals surface area contributed by atoms with Gasteiger partial charge in [0.25, 0.3) is 0 Å². The highest BCUT2D eigenvalue weighted by Gasteiger charge is 2.35. The zero-order valence-corrected chi connectivity index (χ0v) is 13.7. The Balaban J connectivity index is 1.71. The fraction of sp³-hybridized carbons (Fsp3) is 0.632. The molecule has 0 aromatic heterocycles. The maximum atomic E-state index is 12.4. The van der Waals surface area contributed by atoms with Crippen molar-refractivity contribution >= 4 is 11.6 Å². The molecule has 1 fully saturated rings. The molecule has 1 amide bonds. The van der Waals surface area contributed by atoms with Crippen LogP contribution in [-0.2, 0) is 17.6 Å². The van der Waals surface area contributed by atoms with Gasteiger partial charge in [0.1, 0.15) is 0 Å². The molecule has 2 N–H and O–H groups in total. The molecule has 1 atom stereocenters. The predicted molar refractivity (Wildman–Crippen MR) is 91.0 cm³/mol. The van der Waals surface area contributed by atoms with Crippen molar-refractivity contribution in [1.29, 1.82) is 0 Å². The van der Waals surface area contributed by atoms with Crippen LogP contribution >= 0.6 is 0 Å². The third kappa shape index (κ3) is 3.52. The molecule has 3 nitrogen and oxygen atoms in total. The molecular formula is C19H28N2O. The van der Waals surface area contributed by atoms with Crippen molar-refractivity contribution in [1.82, 2.24) is 0 Å². The minimum absolute atomic E-state index is 0.255. The number of amides is 1. The van der Waals surface area contributed by atoms with Crippen LogP contribution in [0.25, 0.3) is 0 Å². The van der Waals surface area contributed by atoms with Crippen LogP contribution in [0.5, 0.6) is 0 Å². The largest absolute Gasteiger partial charge is 0.327 e. The lowest BCUT2D eigenvalue weighted by atomic mass is 9.95.